The summed E-state index contributed by atoms with van der Waals surface area (Å²) in [6, 6.07) is 9.80. The first-order valence-electron chi connectivity index (χ1n) is 6.24. The van der Waals surface area contributed by atoms with Crippen LogP contribution in [0.5, 0.6) is 0 Å². The molecule has 0 unspecified atom stereocenters. The average Bonchev–Trinajstić information content (AvgIpc) is 2.42. The Hall–Kier alpha value is -2.89. The molecule has 2 aromatic carbocycles. The lowest BCUT2D eigenvalue weighted by Gasteiger charge is -2.11. The third kappa shape index (κ3) is 3.17. The third-order valence-corrected chi connectivity index (χ3v) is 3.10. The Morgan fingerprint density at radius 3 is 2.52 bits per heavy atom. The number of nitrogens with one attached hydrogen (secondary N) is 1. The number of nitro groups is 1. The Kier molecular flexibility index (Phi) is 3.89. The lowest BCUT2D eigenvalue weighted by molar-refractivity contribution is -0.385. The second-order valence-corrected chi connectivity index (χ2v) is 4.74. The van der Waals surface area contributed by atoms with Gasteiger partial charge >= 0.3 is 5.97 Å². The fourth-order valence-corrected chi connectivity index (χ4v) is 1.97. The van der Waals surface area contributed by atoms with Gasteiger partial charge in [0.05, 0.1) is 4.92 Å². The number of nitro benzene ring substituents is 1. The largest absolute Gasteiger partial charge is 0.477 e. The number of aromatic carboxylic acids is 1. The van der Waals surface area contributed by atoms with Gasteiger partial charge in [0, 0.05) is 17.4 Å². The first kappa shape index (κ1) is 14.5. The summed E-state index contributed by atoms with van der Waals surface area (Å²) in [6.45, 7) is 3.86. The number of carboxylic acid groups (broad SMARTS) is 1. The van der Waals surface area contributed by atoms with Crippen LogP contribution in [0.2, 0.25) is 0 Å². The molecule has 0 aliphatic carbocycles. The van der Waals surface area contributed by atoms with Gasteiger partial charge in [0.1, 0.15) is 5.56 Å². The van der Waals surface area contributed by atoms with E-state index in [0.29, 0.717) is 5.69 Å². The molecule has 0 amide bonds. The van der Waals surface area contributed by atoms with E-state index in [1.54, 1.807) is 0 Å². The highest BCUT2D eigenvalue weighted by atomic mass is 16.6. The SMILES string of the molecule is Cc1ccc(C)c(Nc2ccc(C(=O)O)c([N+](=O)[O-])c2)c1. The summed E-state index contributed by atoms with van der Waals surface area (Å²) in [4.78, 5) is 21.2. The minimum absolute atomic E-state index is 0.327. The van der Waals surface area contributed by atoms with Gasteiger partial charge < -0.3 is 10.4 Å². The summed E-state index contributed by atoms with van der Waals surface area (Å²) in [5, 5.41) is 23.0. The van der Waals surface area contributed by atoms with E-state index in [9.17, 15) is 14.9 Å². The number of carbonyl (C=O) groups is 1. The topological polar surface area (TPSA) is 92.5 Å². The number of benzene rings is 2. The van der Waals surface area contributed by atoms with Crippen LogP contribution >= 0.6 is 0 Å². The molecule has 0 bridgehead atoms. The van der Waals surface area contributed by atoms with Crippen LogP contribution in [0.4, 0.5) is 17.1 Å². The van der Waals surface area contributed by atoms with E-state index in [4.69, 9.17) is 5.11 Å². The van der Waals surface area contributed by atoms with E-state index >= 15 is 0 Å². The Labute approximate surface area is 121 Å². The number of carboxylic acids is 1. The van der Waals surface area contributed by atoms with Crippen LogP contribution in [0.15, 0.2) is 36.4 Å². The number of rotatable bonds is 4. The standard InChI is InChI=1S/C15H14N2O4/c1-9-3-4-10(2)13(7-9)16-11-5-6-12(15(18)19)14(8-11)17(20)21/h3-8,16H,1-2H3,(H,18,19). The molecule has 0 radical (unpaired) electrons. The smallest absolute Gasteiger partial charge is 0.342 e. The molecule has 2 N–H and O–H groups in total. The van der Waals surface area contributed by atoms with Crippen molar-refractivity contribution in [3.05, 3.63) is 63.2 Å². The molecule has 0 saturated heterocycles. The maximum absolute atomic E-state index is 11.0. The van der Waals surface area contributed by atoms with Crippen molar-refractivity contribution in [2.24, 2.45) is 0 Å². The molecule has 6 heteroatoms. The number of hydrogen-bond acceptors (Lipinski definition) is 4. The molecule has 0 fully saturated rings. The van der Waals surface area contributed by atoms with Gasteiger partial charge in [0.2, 0.25) is 0 Å². The third-order valence-electron chi connectivity index (χ3n) is 3.10. The molecule has 2 aromatic rings. The van der Waals surface area contributed by atoms with Crippen LogP contribution in [-0.4, -0.2) is 16.0 Å². The van der Waals surface area contributed by atoms with Crippen molar-refractivity contribution in [1.82, 2.24) is 0 Å². The Morgan fingerprint density at radius 1 is 1.19 bits per heavy atom. The van der Waals surface area contributed by atoms with Crippen LogP contribution in [0, 0.1) is 24.0 Å². The van der Waals surface area contributed by atoms with E-state index in [1.807, 2.05) is 32.0 Å². The highest BCUT2D eigenvalue weighted by Crippen LogP contribution is 2.27. The van der Waals surface area contributed by atoms with E-state index in [-0.39, 0.29) is 5.56 Å². The molecule has 2 rings (SSSR count). The van der Waals surface area contributed by atoms with Crippen molar-refractivity contribution in [1.29, 1.82) is 0 Å². The summed E-state index contributed by atoms with van der Waals surface area (Å²) >= 11 is 0. The lowest BCUT2D eigenvalue weighted by atomic mass is 10.1. The summed E-state index contributed by atoms with van der Waals surface area (Å²) in [5.74, 6) is -1.32. The molecule has 0 aliphatic rings. The Balaban J connectivity index is 2.41. The van der Waals surface area contributed by atoms with Gasteiger partial charge in [-0.2, -0.15) is 0 Å². The molecule has 0 heterocycles. The predicted octanol–water partition coefficient (Wildman–Crippen LogP) is 3.65. The second-order valence-electron chi connectivity index (χ2n) is 4.74. The van der Waals surface area contributed by atoms with E-state index in [0.717, 1.165) is 16.8 Å². The van der Waals surface area contributed by atoms with Gasteiger partial charge in [0.25, 0.3) is 5.69 Å². The molecule has 0 saturated carbocycles. The summed E-state index contributed by atoms with van der Waals surface area (Å²) in [5.41, 5.74) is 2.59. The van der Waals surface area contributed by atoms with Gasteiger partial charge in [0.15, 0.2) is 0 Å². The fraction of sp³-hybridized carbons (Fsp3) is 0.133. The first-order valence-corrected chi connectivity index (χ1v) is 6.24. The minimum Gasteiger partial charge on any atom is -0.477 e. The van der Waals surface area contributed by atoms with Crippen molar-refractivity contribution in [3.63, 3.8) is 0 Å². The zero-order chi connectivity index (χ0) is 15.6. The quantitative estimate of drug-likeness (QED) is 0.661. The summed E-state index contributed by atoms with van der Waals surface area (Å²) in [6.07, 6.45) is 0. The summed E-state index contributed by atoms with van der Waals surface area (Å²) < 4.78 is 0. The zero-order valence-corrected chi connectivity index (χ0v) is 11.6. The normalized spacial score (nSPS) is 10.2. The number of aryl methyl sites for hydroxylation is 2. The van der Waals surface area contributed by atoms with Crippen LogP contribution in [0.1, 0.15) is 21.5 Å². The highest BCUT2D eigenvalue weighted by molar-refractivity contribution is 5.93. The Morgan fingerprint density at radius 2 is 1.90 bits per heavy atom. The van der Waals surface area contributed by atoms with Crippen molar-refractivity contribution in [2.45, 2.75) is 13.8 Å². The van der Waals surface area contributed by atoms with Crippen molar-refractivity contribution in [3.8, 4) is 0 Å². The molecule has 21 heavy (non-hydrogen) atoms. The lowest BCUT2D eigenvalue weighted by Crippen LogP contribution is -2.03. The number of anilines is 2. The fourth-order valence-electron chi connectivity index (χ4n) is 1.97. The molecule has 0 aliphatic heterocycles. The molecule has 108 valence electrons. The van der Waals surface area contributed by atoms with Gasteiger partial charge in [-0.1, -0.05) is 12.1 Å². The monoisotopic (exact) mass is 286 g/mol. The minimum atomic E-state index is -1.32. The maximum Gasteiger partial charge on any atom is 0.342 e. The van der Waals surface area contributed by atoms with Crippen LogP contribution in [-0.2, 0) is 0 Å². The average molecular weight is 286 g/mol. The van der Waals surface area contributed by atoms with Crippen molar-refractivity contribution in [2.75, 3.05) is 5.32 Å². The number of nitrogens with zero attached hydrogens (tertiary/aromatic N) is 1. The molecular weight excluding hydrogens is 272 g/mol. The Bertz CT molecular complexity index is 726. The van der Waals surface area contributed by atoms with Crippen LogP contribution in [0.3, 0.4) is 0 Å². The maximum atomic E-state index is 11.0. The van der Waals surface area contributed by atoms with Crippen LogP contribution < -0.4 is 5.32 Å². The first-order chi connectivity index (χ1) is 9.88. The predicted molar refractivity (Wildman–Crippen MR) is 79.3 cm³/mol. The molecule has 0 atom stereocenters. The van der Waals surface area contributed by atoms with Gasteiger partial charge in [-0.25, -0.2) is 4.79 Å². The molecule has 0 spiro atoms. The van der Waals surface area contributed by atoms with E-state index < -0.39 is 16.6 Å². The van der Waals surface area contributed by atoms with Crippen molar-refractivity contribution >= 4 is 23.0 Å². The zero-order valence-electron chi connectivity index (χ0n) is 11.6. The highest BCUT2D eigenvalue weighted by Gasteiger charge is 2.20. The summed E-state index contributed by atoms with van der Waals surface area (Å²) in [7, 11) is 0. The second kappa shape index (κ2) is 5.62. The molecular formula is C15H14N2O4. The van der Waals surface area contributed by atoms with Crippen molar-refractivity contribution < 1.29 is 14.8 Å². The van der Waals surface area contributed by atoms with Gasteiger partial charge in [-0.15, -0.1) is 0 Å². The number of hydrogen-bond donors (Lipinski definition) is 2. The molecule has 0 aromatic heterocycles. The van der Waals surface area contributed by atoms with E-state index in [2.05, 4.69) is 5.32 Å². The van der Waals surface area contributed by atoms with E-state index in [1.165, 1.54) is 18.2 Å². The molecule has 6 nitrogen and oxygen atoms in total. The van der Waals surface area contributed by atoms with Gasteiger partial charge in [-0.3, -0.25) is 10.1 Å². The van der Waals surface area contributed by atoms with Crippen LogP contribution in [0.25, 0.3) is 0 Å². The van der Waals surface area contributed by atoms with Gasteiger partial charge in [-0.05, 0) is 43.2 Å².